The molecule has 2 N–H and O–H groups in total. The third kappa shape index (κ3) is 5.96. The van der Waals surface area contributed by atoms with Crippen LogP contribution in [0.1, 0.15) is 18.2 Å². The summed E-state index contributed by atoms with van der Waals surface area (Å²) in [7, 11) is 3.29. The standard InChI is InChI=1S/C22H26N4O2.HI/c1-4-23-22(25-14-17-9-10-18(27-2)13-21(17)28-3)26-15-20-19-8-6-5-7-16(19)11-12-24-20;/h5-13H,4,14-15H2,1-3H3,(H2,23,25,26);1H. The molecular weight excluding hydrogens is 479 g/mol. The second kappa shape index (κ2) is 11.5. The summed E-state index contributed by atoms with van der Waals surface area (Å²) >= 11 is 0. The molecule has 0 fully saturated rings. The highest BCUT2D eigenvalue weighted by atomic mass is 127. The van der Waals surface area contributed by atoms with Crippen molar-refractivity contribution in [1.82, 2.24) is 15.6 Å². The van der Waals surface area contributed by atoms with Crippen LogP contribution in [0.3, 0.4) is 0 Å². The number of ether oxygens (including phenoxy) is 2. The number of pyridine rings is 1. The van der Waals surface area contributed by atoms with Gasteiger partial charge in [-0.15, -0.1) is 24.0 Å². The van der Waals surface area contributed by atoms with E-state index in [9.17, 15) is 0 Å². The maximum absolute atomic E-state index is 5.46. The van der Waals surface area contributed by atoms with Gasteiger partial charge in [0.2, 0.25) is 0 Å². The third-order valence-electron chi connectivity index (χ3n) is 4.43. The van der Waals surface area contributed by atoms with Crippen molar-refractivity contribution in [3.8, 4) is 11.5 Å². The molecule has 1 aromatic heterocycles. The average Bonchev–Trinajstić information content (AvgIpc) is 2.75. The zero-order chi connectivity index (χ0) is 19.8. The van der Waals surface area contributed by atoms with Gasteiger partial charge in [-0.1, -0.05) is 24.3 Å². The first-order valence-electron chi connectivity index (χ1n) is 9.31. The van der Waals surface area contributed by atoms with Crippen molar-refractivity contribution in [3.63, 3.8) is 0 Å². The van der Waals surface area contributed by atoms with E-state index in [0.29, 0.717) is 13.1 Å². The van der Waals surface area contributed by atoms with Crippen LogP contribution < -0.4 is 20.1 Å². The zero-order valence-electron chi connectivity index (χ0n) is 16.9. The van der Waals surface area contributed by atoms with Crippen LogP contribution in [-0.2, 0) is 13.1 Å². The smallest absolute Gasteiger partial charge is 0.191 e. The molecule has 7 heteroatoms. The molecule has 6 nitrogen and oxygen atoms in total. The number of nitrogens with one attached hydrogen (secondary N) is 2. The van der Waals surface area contributed by atoms with Crippen molar-refractivity contribution in [3.05, 3.63) is 66.0 Å². The van der Waals surface area contributed by atoms with E-state index in [0.717, 1.165) is 40.6 Å². The number of fused-ring (bicyclic) bond motifs is 1. The van der Waals surface area contributed by atoms with Crippen LogP contribution >= 0.6 is 24.0 Å². The van der Waals surface area contributed by atoms with Crippen molar-refractivity contribution in [1.29, 1.82) is 0 Å². The van der Waals surface area contributed by atoms with E-state index in [2.05, 4.69) is 32.7 Å². The molecule has 2 aromatic carbocycles. The van der Waals surface area contributed by atoms with Gasteiger partial charge in [0.25, 0.3) is 0 Å². The summed E-state index contributed by atoms with van der Waals surface area (Å²) in [6, 6.07) is 16.0. The first kappa shape index (κ1) is 22.7. The molecule has 1 heterocycles. The maximum atomic E-state index is 5.46. The second-order valence-corrected chi connectivity index (χ2v) is 6.21. The van der Waals surface area contributed by atoms with Gasteiger partial charge in [-0.2, -0.15) is 0 Å². The lowest BCUT2D eigenvalue weighted by Crippen LogP contribution is -2.37. The monoisotopic (exact) mass is 506 g/mol. The highest BCUT2D eigenvalue weighted by Gasteiger charge is 2.07. The molecule has 0 aliphatic heterocycles. The normalized spacial score (nSPS) is 10.9. The van der Waals surface area contributed by atoms with Crippen LogP contribution in [0.4, 0.5) is 0 Å². The number of hydrogen-bond acceptors (Lipinski definition) is 4. The predicted molar refractivity (Wildman–Crippen MR) is 128 cm³/mol. The highest BCUT2D eigenvalue weighted by molar-refractivity contribution is 14.0. The minimum atomic E-state index is 0. The van der Waals surface area contributed by atoms with Gasteiger partial charge in [0.15, 0.2) is 5.96 Å². The van der Waals surface area contributed by atoms with Crippen molar-refractivity contribution < 1.29 is 9.47 Å². The number of guanidine groups is 1. The van der Waals surface area contributed by atoms with Gasteiger partial charge in [0.05, 0.1) is 33.0 Å². The molecule has 154 valence electrons. The van der Waals surface area contributed by atoms with E-state index in [1.165, 1.54) is 5.39 Å². The molecule has 3 aromatic rings. The van der Waals surface area contributed by atoms with Crippen LogP contribution in [0.25, 0.3) is 10.8 Å². The lowest BCUT2D eigenvalue weighted by molar-refractivity contribution is 0.391. The average molecular weight is 506 g/mol. The number of nitrogens with zero attached hydrogens (tertiary/aromatic N) is 2. The Morgan fingerprint density at radius 2 is 1.86 bits per heavy atom. The Morgan fingerprint density at radius 1 is 1.03 bits per heavy atom. The van der Waals surface area contributed by atoms with Gasteiger partial charge >= 0.3 is 0 Å². The summed E-state index contributed by atoms with van der Waals surface area (Å²) < 4.78 is 10.7. The third-order valence-corrected chi connectivity index (χ3v) is 4.43. The van der Waals surface area contributed by atoms with E-state index in [1.54, 1.807) is 14.2 Å². The Labute approximate surface area is 188 Å². The Hall–Kier alpha value is -2.55. The van der Waals surface area contributed by atoms with Crippen LogP contribution in [-0.4, -0.2) is 31.7 Å². The van der Waals surface area contributed by atoms with E-state index >= 15 is 0 Å². The molecule has 0 aliphatic rings. The number of methoxy groups -OCH3 is 2. The number of benzene rings is 2. The van der Waals surface area contributed by atoms with Crippen LogP contribution in [0.2, 0.25) is 0 Å². The Bertz CT molecular complexity index is 957. The minimum Gasteiger partial charge on any atom is -0.497 e. The summed E-state index contributed by atoms with van der Waals surface area (Å²) in [6.45, 7) is 3.90. The summed E-state index contributed by atoms with van der Waals surface area (Å²) in [5.41, 5.74) is 1.98. The first-order chi connectivity index (χ1) is 13.7. The molecule has 0 aliphatic carbocycles. The van der Waals surface area contributed by atoms with Crippen LogP contribution in [0.5, 0.6) is 11.5 Å². The fraction of sp³-hybridized carbons (Fsp3) is 0.273. The lowest BCUT2D eigenvalue weighted by atomic mass is 10.1. The van der Waals surface area contributed by atoms with E-state index in [4.69, 9.17) is 9.47 Å². The number of aromatic nitrogens is 1. The summed E-state index contributed by atoms with van der Waals surface area (Å²) in [6.07, 6.45) is 1.84. The topological polar surface area (TPSA) is 67.8 Å². The van der Waals surface area contributed by atoms with Gasteiger partial charge < -0.3 is 20.1 Å². The largest absolute Gasteiger partial charge is 0.497 e. The molecule has 29 heavy (non-hydrogen) atoms. The van der Waals surface area contributed by atoms with Crippen molar-refractivity contribution in [2.45, 2.75) is 20.0 Å². The predicted octanol–water partition coefficient (Wildman–Crippen LogP) is 4.13. The van der Waals surface area contributed by atoms with Crippen molar-refractivity contribution in [2.24, 2.45) is 4.99 Å². The summed E-state index contributed by atoms with van der Waals surface area (Å²) in [5, 5.41) is 8.97. The van der Waals surface area contributed by atoms with Crippen molar-refractivity contribution in [2.75, 3.05) is 20.8 Å². The van der Waals surface area contributed by atoms with Gasteiger partial charge in [-0.3, -0.25) is 4.98 Å². The van der Waals surface area contributed by atoms with E-state index < -0.39 is 0 Å². The minimum absolute atomic E-state index is 0. The number of halogens is 1. The first-order valence-corrected chi connectivity index (χ1v) is 9.31. The second-order valence-electron chi connectivity index (χ2n) is 6.21. The Morgan fingerprint density at radius 3 is 2.62 bits per heavy atom. The molecule has 0 spiro atoms. The van der Waals surface area contributed by atoms with Crippen LogP contribution in [0.15, 0.2) is 59.7 Å². The van der Waals surface area contributed by atoms with Crippen LogP contribution in [0, 0.1) is 0 Å². The molecule has 0 saturated heterocycles. The molecular formula is C22H27IN4O2. The number of aliphatic imine (C=N–C) groups is 1. The van der Waals surface area contributed by atoms with E-state index in [1.807, 2.05) is 49.5 Å². The van der Waals surface area contributed by atoms with Gasteiger partial charge in [-0.25, -0.2) is 4.99 Å². The molecule has 0 bridgehead atoms. The molecule has 0 unspecified atom stereocenters. The summed E-state index contributed by atoms with van der Waals surface area (Å²) in [5.74, 6) is 2.25. The number of hydrogen-bond donors (Lipinski definition) is 2. The van der Waals surface area contributed by atoms with Crippen molar-refractivity contribution >= 4 is 40.7 Å². The van der Waals surface area contributed by atoms with E-state index in [-0.39, 0.29) is 24.0 Å². The fourth-order valence-corrected chi connectivity index (χ4v) is 2.98. The van der Waals surface area contributed by atoms with Gasteiger partial charge in [0.1, 0.15) is 11.5 Å². The maximum Gasteiger partial charge on any atom is 0.191 e. The highest BCUT2D eigenvalue weighted by Crippen LogP contribution is 2.25. The molecule has 0 radical (unpaired) electrons. The zero-order valence-corrected chi connectivity index (χ0v) is 19.3. The lowest BCUT2D eigenvalue weighted by Gasteiger charge is -2.13. The van der Waals surface area contributed by atoms with Gasteiger partial charge in [-0.05, 0) is 30.5 Å². The molecule has 0 atom stereocenters. The number of rotatable bonds is 7. The molecule has 0 amide bonds. The summed E-state index contributed by atoms with van der Waals surface area (Å²) in [4.78, 5) is 9.21. The fourth-order valence-electron chi connectivity index (χ4n) is 2.98. The molecule has 3 rings (SSSR count). The molecule has 0 saturated carbocycles. The van der Waals surface area contributed by atoms with Gasteiger partial charge in [0, 0.05) is 29.8 Å². The Balaban J connectivity index is 0.00000300. The Kier molecular flexibility index (Phi) is 8.98. The SMILES string of the molecule is CCNC(=NCc1ccc(OC)cc1OC)NCc1nccc2ccccc12.I. The quantitative estimate of drug-likeness (QED) is 0.287.